The smallest absolute Gasteiger partial charge is 0.303 e. The van der Waals surface area contributed by atoms with Gasteiger partial charge in [-0.2, -0.15) is 0 Å². The van der Waals surface area contributed by atoms with E-state index in [4.69, 9.17) is 4.74 Å². The normalized spacial score (nSPS) is 42.6. The summed E-state index contributed by atoms with van der Waals surface area (Å²) in [5, 5.41) is 0. The van der Waals surface area contributed by atoms with Crippen LogP contribution in [0, 0.1) is 28.6 Å². The topological polar surface area (TPSA) is 60.4 Å². The average molecular weight is 542 g/mol. The fraction of sp³-hybridized carbons (Fsp3) is 0.708. The second-order valence-electron chi connectivity index (χ2n) is 10.2. The molecule has 3 saturated carbocycles. The van der Waals surface area contributed by atoms with Crippen molar-refractivity contribution in [3.8, 4) is 0 Å². The van der Waals surface area contributed by atoms with Crippen LogP contribution in [0.5, 0.6) is 0 Å². The number of hydrogen-bond donors (Lipinski definition) is 0. The molecular formula is C24H30Br2O4. The zero-order valence-electron chi connectivity index (χ0n) is 18.1. The molecule has 0 heterocycles. The van der Waals surface area contributed by atoms with E-state index in [1.807, 2.05) is 6.08 Å². The summed E-state index contributed by atoms with van der Waals surface area (Å²) in [5.41, 5.74) is 0.969. The van der Waals surface area contributed by atoms with Crippen LogP contribution in [0.25, 0.3) is 0 Å². The highest BCUT2D eigenvalue weighted by molar-refractivity contribution is 9.28. The Morgan fingerprint density at radius 2 is 1.73 bits per heavy atom. The third-order valence-corrected chi connectivity index (χ3v) is 10.0. The van der Waals surface area contributed by atoms with Crippen molar-refractivity contribution in [3.63, 3.8) is 0 Å². The minimum atomic E-state index is -1.01. The van der Waals surface area contributed by atoms with Crippen LogP contribution in [0.2, 0.25) is 0 Å². The summed E-state index contributed by atoms with van der Waals surface area (Å²) in [6.07, 6.45) is 7.59. The second-order valence-corrected chi connectivity index (χ2v) is 12.9. The maximum Gasteiger partial charge on any atom is 0.303 e. The van der Waals surface area contributed by atoms with Crippen molar-refractivity contribution in [3.05, 3.63) is 20.6 Å². The highest BCUT2D eigenvalue weighted by Crippen LogP contribution is 2.69. The standard InChI is InChI=1S/C24H30Br2O4/c1-13(27)24(30-14(2)28)10-7-19-16-12-17(21(25)26)20-11-15(29)5-8-22(20,3)18(16)6-9-23(19,24)4/h11,16,18-19H,5-10,12H2,1-4H3. The number of halogens is 2. The van der Waals surface area contributed by atoms with Gasteiger partial charge in [0.05, 0.1) is 3.39 Å². The molecule has 4 aliphatic carbocycles. The van der Waals surface area contributed by atoms with Gasteiger partial charge in [0.2, 0.25) is 0 Å². The summed E-state index contributed by atoms with van der Waals surface area (Å²) in [7, 11) is 0. The molecule has 6 atom stereocenters. The zero-order valence-corrected chi connectivity index (χ0v) is 21.3. The Kier molecular flexibility index (Phi) is 5.53. The summed E-state index contributed by atoms with van der Waals surface area (Å²) in [6, 6.07) is 0. The van der Waals surface area contributed by atoms with Gasteiger partial charge in [0, 0.05) is 18.8 Å². The van der Waals surface area contributed by atoms with Gasteiger partial charge in [-0.25, -0.2) is 0 Å². The van der Waals surface area contributed by atoms with E-state index >= 15 is 0 Å². The van der Waals surface area contributed by atoms with Crippen molar-refractivity contribution < 1.29 is 19.1 Å². The molecule has 30 heavy (non-hydrogen) atoms. The molecule has 0 aromatic carbocycles. The molecule has 0 aromatic rings. The van der Waals surface area contributed by atoms with E-state index < -0.39 is 5.60 Å². The van der Waals surface area contributed by atoms with E-state index in [0.29, 0.717) is 30.6 Å². The van der Waals surface area contributed by atoms with Gasteiger partial charge in [-0.05, 0) is 118 Å². The molecule has 0 saturated heterocycles. The molecule has 0 aromatic heterocycles. The maximum atomic E-state index is 12.9. The lowest BCUT2D eigenvalue weighted by Crippen LogP contribution is -2.58. The van der Waals surface area contributed by atoms with Crippen LogP contribution in [-0.4, -0.2) is 23.1 Å². The van der Waals surface area contributed by atoms with Crippen molar-refractivity contribution in [2.75, 3.05) is 0 Å². The van der Waals surface area contributed by atoms with E-state index in [0.717, 1.165) is 35.5 Å². The van der Waals surface area contributed by atoms with Crippen LogP contribution in [0.4, 0.5) is 0 Å². The number of rotatable bonds is 2. The Balaban J connectivity index is 1.80. The number of ketones is 2. The number of allylic oxidation sites excluding steroid dienone is 2. The van der Waals surface area contributed by atoms with Crippen LogP contribution in [0.3, 0.4) is 0 Å². The largest absolute Gasteiger partial charge is 0.451 e. The van der Waals surface area contributed by atoms with Gasteiger partial charge in [0.1, 0.15) is 0 Å². The molecule has 0 radical (unpaired) electrons. The summed E-state index contributed by atoms with van der Waals surface area (Å²) < 4.78 is 6.78. The Morgan fingerprint density at radius 1 is 1.07 bits per heavy atom. The molecule has 4 rings (SSSR count). The van der Waals surface area contributed by atoms with Crippen LogP contribution < -0.4 is 0 Å². The lowest BCUT2D eigenvalue weighted by molar-refractivity contribution is -0.186. The molecule has 0 spiro atoms. The van der Waals surface area contributed by atoms with E-state index in [-0.39, 0.29) is 28.4 Å². The van der Waals surface area contributed by atoms with E-state index in [2.05, 4.69) is 45.7 Å². The van der Waals surface area contributed by atoms with E-state index in [9.17, 15) is 14.4 Å². The Labute approximate surface area is 195 Å². The third kappa shape index (κ3) is 2.99. The van der Waals surface area contributed by atoms with E-state index in [1.54, 1.807) is 6.92 Å². The third-order valence-electron chi connectivity index (χ3n) is 9.07. The van der Waals surface area contributed by atoms with Crippen molar-refractivity contribution in [2.24, 2.45) is 28.6 Å². The van der Waals surface area contributed by atoms with Gasteiger partial charge in [0.15, 0.2) is 17.2 Å². The van der Waals surface area contributed by atoms with Gasteiger partial charge in [-0.15, -0.1) is 0 Å². The first-order valence-electron chi connectivity index (χ1n) is 11.0. The predicted molar refractivity (Wildman–Crippen MR) is 122 cm³/mol. The molecule has 4 aliphatic rings. The molecule has 0 aliphatic heterocycles. The van der Waals surface area contributed by atoms with Gasteiger partial charge >= 0.3 is 5.97 Å². The predicted octanol–water partition coefficient (Wildman–Crippen LogP) is 6.02. The van der Waals surface area contributed by atoms with Gasteiger partial charge in [0.25, 0.3) is 0 Å². The minimum absolute atomic E-state index is 0.0237. The Morgan fingerprint density at radius 3 is 2.33 bits per heavy atom. The lowest BCUT2D eigenvalue weighted by Gasteiger charge is -2.59. The molecule has 0 N–H and O–H groups in total. The van der Waals surface area contributed by atoms with Gasteiger partial charge < -0.3 is 4.74 Å². The molecule has 0 amide bonds. The number of hydrogen-bond acceptors (Lipinski definition) is 4. The van der Waals surface area contributed by atoms with Gasteiger partial charge in [-0.1, -0.05) is 13.8 Å². The quantitative estimate of drug-likeness (QED) is 0.401. The number of carbonyl (C=O) groups is 3. The maximum absolute atomic E-state index is 12.9. The van der Waals surface area contributed by atoms with Crippen LogP contribution in [0.15, 0.2) is 20.6 Å². The first-order chi connectivity index (χ1) is 14.0. The molecule has 3 fully saturated rings. The lowest BCUT2D eigenvalue weighted by atomic mass is 9.45. The Hall–Kier alpha value is -0.750. The molecule has 4 nitrogen and oxygen atoms in total. The van der Waals surface area contributed by atoms with Crippen molar-refractivity contribution in [1.29, 1.82) is 0 Å². The molecule has 164 valence electrons. The average Bonchev–Trinajstić information content (AvgIpc) is 2.95. The van der Waals surface area contributed by atoms with Crippen molar-refractivity contribution in [2.45, 2.75) is 78.2 Å². The fourth-order valence-electron chi connectivity index (χ4n) is 7.68. The first kappa shape index (κ1) is 22.4. The number of esters is 1. The monoisotopic (exact) mass is 540 g/mol. The first-order valence-corrected chi connectivity index (χ1v) is 12.5. The van der Waals surface area contributed by atoms with Crippen molar-refractivity contribution >= 4 is 49.4 Å². The SMILES string of the molecule is CC(=O)OC1(C(C)=O)CCC2C3CC(=C(Br)Br)C4=CC(=O)CCC4(C)C3CCC21C. The summed E-state index contributed by atoms with van der Waals surface area (Å²) >= 11 is 7.29. The fourth-order valence-corrected chi connectivity index (χ4v) is 8.43. The summed E-state index contributed by atoms with van der Waals surface area (Å²) in [6.45, 7) is 7.50. The van der Waals surface area contributed by atoms with Crippen LogP contribution >= 0.6 is 31.9 Å². The molecule has 6 unspecified atom stereocenters. The Bertz CT molecular complexity index is 886. The second kappa shape index (κ2) is 7.40. The van der Waals surface area contributed by atoms with Gasteiger partial charge in [-0.3, -0.25) is 14.4 Å². The number of fused-ring (bicyclic) bond motifs is 5. The van der Waals surface area contributed by atoms with Crippen molar-refractivity contribution in [1.82, 2.24) is 0 Å². The number of ether oxygens (including phenoxy) is 1. The number of Topliss-reactive ketones (excluding diaryl/α,β-unsaturated/α-hetero) is 1. The van der Waals surface area contributed by atoms with Crippen LogP contribution in [-0.2, 0) is 19.1 Å². The summed E-state index contributed by atoms with van der Waals surface area (Å²) in [4.78, 5) is 37.1. The minimum Gasteiger partial charge on any atom is -0.451 e. The van der Waals surface area contributed by atoms with E-state index in [1.165, 1.54) is 18.1 Å². The zero-order chi connectivity index (χ0) is 22.1. The summed E-state index contributed by atoms with van der Waals surface area (Å²) in [5.74, 6) is 1.000. The molecule has 0 bridgehead atoms. The highest BCUT2D eigenvalue weighted by Gasteiger charge is 2.68. The highest BCUT2D eigenvalue weighted by atomic mass is 79.9. The number of carbonyl (C=O) groups excluding carboxylic acids is 3. The molecule has 6 heteroatoms. The van der Waals surface area contributed by atoms with Crippen LogP contribution in [0.1, 0.15) is 72.6 Å². The molecular weight excluding hydrogens is 512 g/mol.